The molecule has 0 aliphatic carbocycles. The number of anilines is 2. The fourth-order valence-electron chi connectivity index (χ4n) is 2.28. The van der Waals surface area contributed by atoms with Gasteiger partial charge in [-0.25, -0.2) is 4.99 Å². The van der Waals surface area contributed by atoms with E-state index in [0.29, 0.717) is 0 Å². The molecule has 0 bridgehead atoms. The highest BCUT2D eigenvalue weighted by Gasteiger charge is 2.12. The molecule has 0 saturated heterocycles. The molecule has 21 heavy (non-hydrogen) atoms. The van der Waals surface area contributed by atoms with Crippen molar-refractivity contribution in [1.29, 1.82) is 0 Å². The summed E-state index contributed by atoms with van der Waals surface area (Å²) in [4.78, 5) is 10.4. The van der Waals surface area contributed by atoms with Crippen LogP contribution in [0.25, 0.3) is 0 Å². The molecule has 5 heteroatoms. The quantitative estimate of drug-likeness (QED) is 0.550. The first-order valence-electron chi connectivity index (χ1n) is 6.72. The third-order valence-electron chi connectivity index (χ3n) is 3.55. The Morgan fingerprint density at radius 3 is 2.19 bits per heavy atom. The highest BCUT2D eigenvalue weighted by molar-refractivity contribution is 14.2. The third kappa shape index (κ3) is 2.68. The topological polar surface area (TPSA) is 18.8 Å². The second-order valence-electron chi connectivity index (χ2n) is 5.46. The van der Waals surface area contributed by atoms with Crippen molar-refractivity contribution in [2.75, 3.05) is 38.0 Å². The van der Waals surface area contributed by atoms with Crippen molar-refractivity contribution in [3.63, 3.8) is 0 Å². The minimum atomic E-state index is 0.0292. The molecule has 0 amide bonds. The average molecular weight is 411 g/mol. The van der Waals surface area contributed by atoms with E-state index >= 15 is 0 Å². The summed E-state index contributed by atoms with van der Waals surface area (Å²) in [5.41, 5.74) is 3.55. The fraction of sp³-hybridized carbons (Fsp3) is 0.250. The minimum Gasteiger partial charge on any atom is -0.378 e. The largest absolute Gasteiger partial charge is 0.378 e. The standard InChI is InChI=1S/C16H18IN3S/c1-19(2)11-5-7-13-15(9-11)21(17)16-10-12(20(3)4)6-8-14(16)18-13/h5-10H,1-4H3. The zero-order valence-corrected chi connectivity index (χ0v) is 15.6. The van der Waals surface area contributed by atoms with Gasteiger partial charge >= 0.3 is 0 Å². The van der Waals surface area contributed by atoms with Crippen molar-refractivity contribution in [3.05, 3.63) is 46.3 Å². The molecule has 0 fully saturated rings. The van der Waals surface area contributed by atoms with Gasteiger partial charge in [0.1, 0.15) is 0 Å². The van der Waals surface area contributed by atoms with Crippen LogP contribution < -0.4 is 15.2 Å². The number of benzene rings is 2. The molecular weight excluding hydrogens is 393 g/mol. The van der Waals surface area contributed by atoms with Gasteiger partial charge in [0.25, 0.3) is 0 Å². The molecule has 0 radical (unpaired) electrons. The summed E-state index contributed by atoms with van der Waals surface area (Å²) in [6.45, 7) is 0. The van der Waals surface area contributed by atoms with Gasteiger partial charge in [-0.3, -0.25) is 0 Å². The molecule has 1 aliphatic heterocycles. The lowest BCUT2D eigenvalue weighted by atomic mass is 10.2. The van der Waals surface area contributed by atoms with Gasteiger partial charge < -0.3 is 9.80 Å². The summed E-state index contributed by atoms with van der Waals surface area (Å²) in [5, 5.41) is 1.10. The lowest BCUT2D eigenvalue weighted by Gasteiger charge is -2.18. The molecule has 110 valence electrons. The zero-order valence-electron chi connectivity index (χ0n) is 12.6. The molecule has 0 saturated carbocycles. The Hall–Kier alpha value is -1.08. The molecular formula is C16H18IN3S. The first-order chi connectivity index (χ1) is 9.97. The molecule has 0 N–H and O–H groups in total. The van der Waals surface area contributed by atoms with E-state index in [0.717, 1.165) is 11.0 Å². The van der Waals surface area contributed by atoms with Crippen molar-refractivity contribution in [2.24, 2.45) is 4.99 Å². The van der Waals surface area contributed by atoms with Gasteiger partial charge in [0.2, 0.25) is 0 Å². The van der Waals surface area contributed by atoms with Crippen molar-refractivity contribution >= 4 is 45.9 Å². The average Bonchev–Trinajstić information content (AvgIpc) is 2.46. The first kappa shape index (κ1) is 14.8. The summed E-state index contributed by atoms with van der Waals surface area (Å²) in [5.74, 6) is 0. The highest BCUT2D eigenvalue weighted by atomic mass is 127. The number of rotatable bonds is 2. The second kappa shape index (κ2) is 5.61. The number of nitrogens with zero attached hydrogens (tertiary/aromatic N) is 3. The lowest BCUT2D eigenvalue weighted by molar-refractivity contribution is 1.11. The lowest BCUT2D eigenvalue weighted by Crippen LogP contribution is -2.12. The molecule has 2 aromatic carbocycles. The monoisotopic (exact) mass is 411 g/mol. The predicted molar refractivity (Wildman–Crippen MR) is 101 cm³/mol. The predicted octanol–water partition coefficient (Wildman–Crippen LogP) is 4.01. The molecule has 2 aromatic rings. The van der Waals surface area contributed by atoms with Crippen LogP contribution in [0, 0.1) is 4.51 Å². The molecule has 1 aliphatic rings. The van der Waals surface area contributed by atoms with Crippen molar-refractivity contribution < 1.29 is 0 Å². The van der Waals surface area contributed by atoms with Crippen LogP contribution in [0.4, 0.5) is 17.1 Å². The molecule has 1 atom stereocenters. The summed E-state index contributed by atoms with van der Waals surface area (Å²) in [6.07, 6.45) is 0. The summed E-state index contributed by atoms with van der Waals surface area (Å²) >= 11 is 2.55. The summed E-state index contributed by atoms with van der Waals surface area (Å²) < 4.78 is 1.32. The highest BCUT2D eigenvalue weighted by Crippen LogP contribution is 2.45. The Morgan fingerprint density at radius 2 is 1.52 bits per heavy atom. The van der Waals surface area contributed by atoms with Gasteiger partial charge in [0.15, 0.2) is 0 Å². The SMILES string of the molecule is CN(C)c1ccc2c(c1)S(I)=c1cc(N(C)C)ccc1=N2. The van der Waals surface area contributed by atoms with Gasteiger partial charge in [0, 0.05) is 49.0 Å². The van der Waals surface area contributed by atoms with Crippen LogP contribution >= 0.6 is 28.9 Å². The number of fused-ring (bicyclic) bond motifs is 2. The van der Waals surface area contributed by atoms with E-state index in [2.05, 4.69) is 95.6 Å². The van der Waals surface area contributed by atoms with Gasteiger partial charge in [-0.1, -0.05) is 7.66 Å². The Balaban J connectivity index is 2.27. The van der Waals surface area contributed by atoms with Crippen molar-refractivity contribution in [3.8, 4) is 0 Å². The Kier molecular flexibility index (Phi) is 3.96. The van der Waals surface area contributed by atoms with Crippen LogP contribution in [-0.2, 0) is 0 Å². The maximum Gasteiger partial charge on any atom is 0.0777 e. The van der Waals surface area contributed by atoms with E-state index in [1.165, 1.54) is 20.8 Å². The molecule has 1 heterocycles. The van der Waals surface area contributed by atoms with Gasteiger partial charge in [-0.05, 0) is 57.6 Å². The van der Waals surface area contributed by atoms with E-state index in [1.807, 2.05) is 0 Å². The Morgan fingerprint density at radius 1 is 0.905 bits per heavy atom. The van der Waals surface area contributed by atoms with Crippen LogP contribution in [0.2, 0.25) is 0 Å². The number of hydrogen-bond acceptors (Lipinski definition) is 3. The Labute approximate surface area is 139 Å². The maximum absolute atomic E-state index is 4.83. The third-order valence-corrected chi connectivity index (χ3v) is 7.82. The van der Waals surface area contributed by atoms with Gasteiger partial charge in [-0.2, -0.15) is 0 Å². The number of halogens is 1. The van der Waals surface area contributed by atoms with Crippen LogP contribution in [0.15, 0.2) is 46.3 Å². The van der Waals surface area contributed by atoms with Crippen LogP contribution in [0.5, 0.6) is 0 Å². The van der Waals surface area contributed by atoms with Crippen molar-refractivity contribution in [1.82, 2.24) is 0 Å². The van der Waals surface area contributed by atoms with Crippen LogP contribution in [0.3, 0.4) is 0 Å². The fourth-order valence-corrected chi connectivity index (χ4v) is 5.68. The van der Waals surface area contributed by atoms with Crippen molar-refractivity contribution in [2.45, 2.75) is 4.90 Å². The maximum atomic E-state index is 4.83. The van der Waals surface area contributed by atoms with Crippen LogP contribution in [0.1, 0.15) is 0 Å². The van der Waals surface area contributed by atoms with E-state index in [4.69, 9.17) is 4.99 Å². The smallest absolute Gasteiger partial charge is 0.0777 e. The van der Waals surface area contributed by atoms with Gasteiger partial charge in [-0.15, -0.1) is 0 Å². The van der Waals surface area contributed by atoms with Crippen LogP contribution in [-0.4, -0.2) is 28.2 Å². The van der Waals surface area contributed by atoms with E-state index < -0.39 is 0 Å². The van der Waals surface area contributed by atoms with E-state index in [1.54, 1.807) is 0 Å². The minimum absolute atomic E-state index is 0.0292. The Bertz CT molecular complexity index is 828. The summed E-state index contributed by atoms with van der Waals surface area (Å²) in [6, 6.07) is 13.1. The summed E-state index contributed by atoms with van der Waals surface area (Å²) in [7, 11) is 8.33. The molecule has 3 rings (SSSR count). The molecule has 1 unspecified atom stereocenters. The molecule has 0 aromatic heterocycles. The van der Waals surface area contributed by atoms with E-state index in [-0.39, 0.29) is 7.66 Å². The molecule has 0 spiro atoms. The number of hydrogen-bond donors (Lipinski definition) is 0. The second-order valence-corrected chi connectivity index (χ2v) is 9.50. The first-order valence-corrected chi connectivity index (χ1v) is 10.5. The van der Waals surface area contributed by atoms with E-state index in [9.17, 15) is 0 Å². The van der Waals surface area contributed by atoms with Gasteiger partial charge in [0.05, 0.1) is 11.0 Å². The zero-order chi connectivity index (χ0) is 15.1. The normalized spacial score (nSPS) is 15.8. The molecule has 3 nitrogen and oxygen atoms in total.